The second kappa shape index (κ2) is 7.10. The maximum atomic E-state index is 10.1. The molecule has 0 saturated carbocycles. The Hall–Kier alpha value is -1.61. The van der Waals surface area contributed by atoms with Crippen LogP contribution in [0, 0.1) is 0 Å². The van der Waals surface area contributed by atoms with Crippen molar-refractivity contribution in [2.75, 3.05) is 0 Å². The molecular weight excluding hydrogens is 236 g/mol. The largest absolute Gasteiger partial charge is 0.393 e. The van der Waals surface area contributed by atoms with Gasteiger partial charge in [0, 0.05) is 25.4 Å². The monoisotopic (exact) mass is 258 g/mol. The van der Waals surface area contributed by atoms with Crippen molar-refractivity contribution >= 4 is 0 Å². The van der Waals surface area contributed by atoms with Crippen LogP contribution in [0.1, 0.15) is 31.2 Å². The summed E-state index contributed by atoms with van der Waals surface area (Å²) in [6.07, 6.45) is 6.98. The van der Waals surface area contributed by atoms with Crippen LogP contribution in [0.15, 0.2) is 42.7 Å². The Morgan fingerprint density at radius 1 is 1.26 bits per heavy atom. The molecule has 0 aliphatic heterocycles. The summed E-state index contributed by atoms with van der Waals surface area (Å²) >= 11 is 0. The van der Waals surface area contributed by atoms with Gasteiger partial charge in [-0.2, -0.15) is 0 Å². The fraction of sp³-hybridized carbons (Fsp3) is 0.438. The summed E-state index contributed by atoms with van der Waals surface area (Å²) in [5.74, 6) is 0.981. The van der Waals surface area contributed by atoms with Crippen LogP contribution >= 0.6 is 0 Å². The lowest BCUT2D eigenvalue weighted by Gasteiger charge is -2.11. The van der Waals surface area contributed by atoms with Crippen molar-refractivity contribution in [1.82, 2.24) is 9.55 Å². The highest BCUT2D eigenvalue weighted by Gasteiger charge is 2.09. The minimum absolute atomic E-state index is 0.295. The Kier molecular flexibility index (Phi) is 5.16. The molecule has 3 nitrogen and oxygen atoms in total. The molecule has 3 heteroatoms. The number of hydrogen-bond acceptors (Lipinski definition) is 2. The molecule has 0 amide bonds. The highest BCUT2D eigenvalue weighted by molar-refractivity contribution is 5.14. The molecule has 1 aromatic heterocycles. The fourth-order valence-electron chi connectivity index (χ4n) is 2.32. The van der Waals surface area contributed by atoms with E-state index in [-0.39, 0.29) is 6.10 Å². The maximum absolute atomic E-state index is 10.1. The average Bonchev–Trinajstić information content (AvgIpc) is 2.87. The van der Waals surface area contributed by atoms with Gasteiger partial charge < -0.3 is 9.67 Å². The molecule has 0 aliphatic rings. The Bertz CT molecular complexity index is 479. The number of imidazole rings is 1. The van der Waals surface area contributed by atoms with Crippen LogP contribution in [0.5, 0.6) is 0 Å². The van der Waals surface area contributed by atoms with Gasteiger partial charge in [0.25, 0.3) is 0 Å². The van der Waals surface area contributed by atoms with E-state index in [0.29, 0.717) is 6.42 Å². The zero-order chi connectivity index (χ0) is 13.5. The lowest BCUT2D eigenvalue weighted by atomic mass is 10.0. The Morgan fingerprint density at radius 3 is 2.79 bits per heavy atom. The number of aliphatic hydroxyl groups is 1. The lowest BCUT2D eigenvalue weighted by molar-refractivity contribution is 0.158. The Balaban J connectivity index is 1.74. The summed E-state index contributed by atoms with van der Waals surface area (Å²) in [4.78, 5) is 4.30. The van der Waals surface area contributed by atoms with Gasteiger partial charge in [-0.25, -0.2) is 4.98 Å². The maximum Gasteiger partial charge on any atom is 0.111 e. The van der Waals surface area contributed by atoms with Crippen LogP contribution in [0.2, 0.25) is 0 Å². The second-order valence-electron chi connectivity index (χ2n) is 4.87. The highest BCUT2D eigenvalue weighted by Crippen LogP contribution is 2.10. The number of aliphatic hydroxyl groups excluding tert-OH is 1. The SMILES string of the molecule is CCn1ccnc1CC(O)CCCc1ccccc1. The normalized spacial score (nSPS) is 12.5. The first-order valence-electron chi connectivity index (χ1n) is 7.01. The van der Waals surface area contributed by atoms with Gasteiger partial charge in [-0.05, 0) is 31.7 Å². The van der Waals surface area contributed by atoms with Crippen molar-refractivity contribution in [2.24, 2.45) is 0 Å². The van der Waals surface area contributed by atoms with Crippen LogP contribution in [0.3, 0.4) is 0 Å². The van der Waals surface area contributed by atoms with Gasteiger partial charge in [0.1, 0.15) is 5.82 Å². The van der Waals surface area contributed by atoms with Crippen molar-refractivity contribution < 1.29 is 5.11 Å². The first-order valence-corrected chi connectivity index (χ1v) is 7.01. The second-order valence-corrected chi connectivity index (χ2v) is 4.87. The summed E-state index contributed by atoms with van der Waals surface area (Å²) in [6, 6.07) is 10.4. The van der Waals surface area contributed by atoms with Crippen LogP contribution < -0.4 is 0 Å². The first-order chi connectivity index (χ1) is 9.29. The number of nitrogens with zero attached hydrogens (tertiary/aromatic N) is 2. The van der Waals surface area contributed by atoms with Crippen molar-refractivity contribution in [3.63, 3.8) is 0 Å². The number of aromatic nitrogens is 2. The molecule has 1 aromatic carbocycles. The lowest BCUT2D eigenvalue weighted by Crippen LogP contribution is -2.14. The van der Waals surface area contributed by atoms with E-state index < -0.39 is 0 Å². The third-order valence-electron chi connectivity index (χ3n) is 3.41. The van der Waals surface area contributed by atoms with Gasteiger partial charge in [-0.15, -0.1) is 0 Å². The van der Waals surface area contributed by atoms with Crippen LogP contribution in [-0.2, 0) is 19.4 Å². The summed E-state index contributed by atoms with van der Waals surface area (Å²) in [7, 11) is 0. The Morgan fingerprint density at radius 2 is 2.05 bits per heavy atom. The van der Waals surface area contributed by atoms with E-state index in [1.165, 1.54) is 5.56 Å². The molecule has 102 valence electrons. The summed E-state index contributed by atoms with van der Waals surface area (Å²) in [5.41, 5.74) is 1.34. The zero-order valence-electron chi connectivity index (χ0n) is 11.5. The van der Waals surface area contributed by atoms with E-state index in [0.717, 1.165) is 31.6 Å². The van der Waals surface area contributed by atoms with E-state index in [9.17, 15) is 5.11 Å². The zero-order valence-corrected chi connectivity index (χ0v) is 11.5. The topological polar surface area (TPSA) is 38.0 Å². The standard InChI is InChI=1S/C16H22N2O/c1-2-18-12-11-17-16(18)13-15(19)10-6-9-14-7-4-3-5-8-14/h3-5,7-8,11-12,15,19H,2,6,9-10,13H2,1H3. The first kappa shape index (κ1) is 13.8. The molecule has 0 bridgehead atoms. The van der Waals surface area contributed by atoms with E-state index in [2.05, 4.69) is 40.7 Å². The van der Waals surface area contributed by atoms with E-state index >= 15 is 0 Å². The third kappa shape index (κ3) is 4.21. The molecule has 0 aliphatic carbocycles. The smallest absolute Gasteiger partial charge is 0.111 e. The molecule has 0 radical (unpaired) electrons. The molecule has 2 rings (SSSR count). The number of benzene rings is 1. The van der Waals surface area contributed by atoms with Crippen LogP contribution in [-0.4, -0.2) is 20.8 Å². The van der Waals surface area contributed by atoms with Gasteiger partial charge in [-0.1, -0.05) is 30.3 Å². The highest BCUT2D eigenvalue weighted by atomic mass is 16.3. The molecule has 2 aromatic rings. The molecule has 0 fully saturated rings. The van der Waals surface area contributed by atoms with Gasteiger partial charge in [0.2, 0.25) is 0 Å². The summed E-state index contributed by atoms with van der Waals surface area (Å²) in [5, 5.41) is 10.1. The predicted octanol–water partition coefficient (Wildman–Crippen LogP) is 2.83. The number of hydrogen-bond donors (Lipinski definition) is 1. The molecule has 0 spiro atoms. The van der Waals surface area contributed by atoms with E-state index in [4.69, 9.17) is 0 Å². The molecule has 1 N–H and O–H groups in total. The summed E-state index contributed by atoms with van der Waals surface area (Å²) < 4.78 is 2.08. The van der Waals surface area contributed by atoms with Gasteiger partial charge in [0.05, 0.1) is 6.10 Å². The number of rotatable bonds is 7. The molecule has 1 unspecified atom stereocenters. The number of aryl methyl sites for hydroxylation is 2. The van der Waals surface area contributed by atoms with E-state index in [1.807, 2.05) is 12.3 Å². The molecule has 0 saturated heterocycles. The average molecular weight is 258 g/mol. The predicted molar refractivity (Wildman–Crippen MR) is 77.0 cm³/mol. The van der Waals surface area contributed by atoms with Crippen molar-refractivity contribution in [3.05, 3.63) is 54.1 Å². The van der Waals surface area contributed by atoms with Gasteiger partial charge >= 0.3 is 0 Å². The third-order valence-corrected chi connectivity index (χ3v) is 3.41. The fourth-order valence-corrected chi connectivity index (χ4v) is 2.32. The quantitative estimate of drug-likeness (QED) is 0.829. The minimum atomic E-state index is -0.295. The minimum Gasteiger partial charge on any atom is -0.393 e. The van der Waals surface area contributed by atoms with Crippen molar-refractivity contribution in [1.29, 1.82) is 0 Å². The molecular formula is C16H22N2O. The van der Waals surface area contributed by atoms with Gasteiger partial charge in [0.15, 0.2) is 0 Å². The Labute approximate surface area is 114 Å². The molecule has 19 heavy (non-hydrogen) atoms. The molecule has 1 atom stereocenters. The van der Waals surface area contributed by atoms with Crippen LogP contribution in [0.25, 0.3) is 0 Å². The van der Waals surface area contributed by atoms with Gasteiger partial charge in [-0.3, -0.25) is 0 Å². The van der Waals surface area contributed by atoms with E-state index in [1.54, 1.807) is 6.20 Å². The van der Waals surface area contributed by atoms with Crippen LogP contribution in [0.4, 0.5) is 0 Å². The molecule has 1 heterocycles. The van der Waals surface area contributed by atoms with Crippen molar-refractivity contribution in [3.8, 4) is 0 Å². The van der Waals surface area contributed by atoms with Crippen molar-refractivity contribution in [2.45, 2.75) is 45.3 Å². The summed E-state index contributed by atoms with van der Waals surface area (Å²) in [6.45, 7) is 3.00.